The van der Waals surface area contributed by atoms with Gasteiger partial charge in [0, 0.05) is 42.2 Å². The van der Waals surface area contributed by atoms with Gasteiger partial charge in [0.2, 0.25) is 0 Å². The van der Waals surface area contributed by atoms with E-state index < -0.39 is 18.1 Å². The number of amides is 1. The lowest BCUT2D eigenvalue weighted by atomic mass is 9.84. The molecule has 2 fully saturated rings. The first-order chi connectivity index (χ1) is 20.6. The average Bonchev–Trinajstić information content (AvgIpc) is 2.94. The first-order valence-corrected chi connectivity index (χ1v) is 15.0. The third-order valence-corrected chi connectivity index (χ3v) is 8.02. The van der Waals surface area contributed by atoms with Crippen LogP contribution < -0.4 is 14.8 Å². The van der Waals surface area contributed by atoms with Crippen LogP contribution in [-0.2, 0) is 15.9 Å². The third kappa shape index (κ3) is 7.21. The van der Waals surface area contributed by atoms with Crippen molar-refractivity contribution in [2.45, 2.75) is 76.9 Å². The van der Waals surface area contributed by atoms with Crippen molar-refractivity contribution in [2.75, 3.05) is 45.2 Å². The van der Waals surface area contributed by atoms with Crippen LogP contribution in [0.15, 0.2) is 30.3 Å². The maximum absolute atomic E-state index is 13.8. The van der Waals surface area contributed by atoms with Gasteiger partial charge in [-0.15, -0.1) is 0 Å². The molecule has 2 N–H and O–H groups in total. The van der Waals surface area contributed by atoms with Crippen LogP contribution in [0.3, 0.4) is 0 Å². The molecule has 43 heavy (non-hydrogen) atoms. The Labute approximate surface area is 251 Å². The summed E-state index contributed by atoms with van der Waals surface area (Å²) in [6.07, 6.45) is 1.72. The molecule has 2 saturated heterocycles. The lowest BCUT2D eigenvalue weighted by Crippen LogP contribution is -2.57. The molecule has 2 unspecified atom stereocenters. The van der Waals surface area contributed by atoms with E-state index in [1.54, 1.807) is 23.0 Å². The van der Waals surface area contributed by atoms with Crippen LogP contribution in [0, 0.1) is 5.41 Å². The highest BCUT2D eigenvalue weighted by molar-refractivity contribution is 5.89. The molecule has 0 aromatic heterocycles. The molecule has 5 rings (SSSR count). The molecule has 3 aliphatic rings. The maximum atomic E-state index is 13.8. The van der Waals surface area contributed by atoms with E-state index in [4.69, 9.17) is 24.4 Å². The van der Waals surface area contributed by atoms with Gasteiger partial charge in [-0.25, -0.2) is 13.6 Å². The van der Waals surface area contributed by atoms with Gasteiger partial charge in [-0.1, -0.05) is 6.07 Å². The number of carbonyl (C=O) groups is 1. The number of anilines is 1. The minimum Gasteiger partial charge on any atom is -0.496 e. The number of halogens is 2. The molecular formula is C32H42F2N4O5. The molecular weight excluding hydrogens is 558 g/mol. The number of hydrogen-bond acceptors (Lipinski definition) is 8. The predicted octanol–water partition coefficient (Wildman–Crippen LogP) is 5.84. The van der Waals surface area contributed by atoms with Crippen LogP contribution in [0.5, 0.6) is 11.5 Å². The van der Waals surface area contributed by atoms with Crippen molar-refractivity contribution in [3.63, 3.8) is 0 Å². The summed E-state index contributed by atoms with van der Waals surface area (Å²) in [4.78, 5) is 15.6. The minimum absolute atomic E-state index is 0.111. The van der Waals surface area contributed by atoms with Gasteiger partial charge >= 0.3 is 6.09 Å². The Morgan fingerprint density at radius 3 is 2.60 bits per heavy atom. The van der Waals surface area contributed by atoms with Gasteiger partial charge in [0.25, 0.3) is 6.43 Å². The second kappa shape index (κ2) is 13.1. The Morgan fingerprint density at radius 1 is 1.19 bits per heavy atom. The minimum atomic E-state index is -2.50. The van der Waals surface area contributed by atoms with E-state index >= 15 is 0 Å². The largest absolute Gasteiger partial charge is 0.496 e. The molecule has 2 aromatic rings. The fraction of sp³-hybridized carbons (Fsp3) is 0.562. The number of ether oxygens (including phenoxy) is 4. The van der Waals surface area contributed by atoms with Crippen molar-refractivity contribution < 1.29 is 32.5 Å². The van der Waals surface area contributed by atoms with Crippen molar-refractivity contribution in [1.82, 2.24) is 9.80 Å². The van der Waals surface area contributed by atoms with E-state index in [2.05, 4.69) is 5.32 Å². The molecule has 0 radical (unpaired) electrons. The molecule has 2 aromatic carbocycles. The second-order valence-electron chi connectivity index (χ2n) is 12.3. The monoisotopic (exact) mass is 600 g/mol. The summed E-state index contributed by atoms with van der Waals surface area (Å²) < 4.78 is 50.7. The average molecular weight is 601 g/mol. The number of methoxy groups -OCH3 is 1. The molecule has 0 aliphatic carbocycles. The summed E-state index contributed by atoms with van der Waals surface area (Å²) in [5.41, 5.74) is 3.59. The van der Waals surface area contributed by atoms with Crippen molar-refractivity contribution in [3.05, 3.63) is 52.6 Å². The van der Waals surface area contributed by atoms with Gasteiger partial charge in [0.15, 0.2) is 0 Å². The number of fused-ring (bicyclic) bond motifs is 1. The molecule has 2 atom stereocenters. The summed E-state index contributed by atoms with van der Waals surface area (Å²) in [6.45, 7) is 7.03. The Balaban J connectivity index is 1.39. The summed E-state index contributed by atoms with van der Waals surface area (Å²) in [5, 5.41) is 11.7. The van der Waals surface area contributed by atoms with Gasteiger partial charge in [0.05, 0.1) is 32.8 Å². The van der Waals surface area contributed by atoms with Crippen LogP contribution in [-0.4, -0.2) is 86.4 Å². The Bertz CT molecular complexity index is 1310. The third-order valence-electron chi connectivity index (χ3n) is 8.02. The molecule has 9 nitrogen and oxygen atoms in total. The van der Waals surface area contributed by atoms with E-state index in [1.807, 2.05) is 45.0 Å². The quantitative estimate of drug-likeness (QED) is 0.349. The van der Waals surface area contributed by atoms with E-state index in [0.717, 1.165) is 47.2 Å². The zero-order valence-electron chi connectivity index (χ0n) is 25.3. The number of nitrogens with one attached hydrogen (secondary N) is 2. The molecule has 0 bridgehead atoms. The van der Waals surface area contributed by atoms with E-state index in [-0.39, 0.29) is 25.0 Å². The smallest absolute Gasteiger partial charge is 0.410 e. The van der Waals surface area contributed by atoms with Gasteiger partial charge < -0.3 is 34.6 Å². The Hall–Kier alpha value is -3.44. The van der Waals surface area contributed by atoms with Crippen molar-refractivity contribution in [3.8, 4) is 11.5 Å². The summed E-state index contributed by atoms with van der Waals surface area (Å²) in [5.74, 6) is 1.09. The number of alkyl halides is 2. The number of hydrogen-bond donors (Lipinski definition) is 2. The normalized spacial score (nSPS) is 21.1. The van der Waals surface area contributed by atoms with Gasteiger partial charge in [-0.05, 0) is 75.8 Å². The highest BCUT2D eigenvalue weighted by Gasteiger charge is 2.37. The SMILES string of the molecule is COc1cc(OC2CN(C(=O)OC(C)(C)C)C2)ccc1C1c2ccc(NC3CCCCO3)c(C=N)c2CCN1CC(F)F. The van der Waals surface area contributed by atoms with Gasteiger partial charge in [-0.3, -0.25) is 4.90 Å². The Morgan fingerprint density at radius 2 is 1.95 bits per heavy atom. The van der Waals surface area contributed by atoms with Crippen LogP contribution in [0.25, 0.3) is 0 Å². The zero-order valence-corrected chi connectivity index (χ0v) is 25.3. The fourth-order valence-electron chi connectivity index (χ4n) is 6.03. The number of carbonyl (C=O) groups excluding carboxylic acids is 1. The lowest BCUT2D eigenvalue weighted by Gasteiger charge is -2.40. The highest BCUT2D eigenvalue weighted by atomic mass is 19.3. The number of likely N-dealkylation sites (tertiary alicyclic amines) is 1. The van der Waals surface area contributed by atoms with E-state index in [9.17, 15) is 13.6 Å². The summed E-state index contributed by atoms with van der Waals surface area (Å²) in [7, 11) is 1.55. The standard InChI is InChI=1S/C32H42F2N4O5/c1-32(2,3)43-31(39)38-17-21(18-38)42-20-8-9-24(27(15-20)40-4)30-23-10-11-26(36-29-7-5-6-14-41-29)25(16-35)22(23)12-13-37(30)19-28(33)34/h8-11,15-16,21,28-30,35-36H,5-7,12-14,17-19H2,1-4H3. The molecule has 3 aliphatic heterocycles. The zero-order chi connectivity index (χ0) is 30.7. The molecule has 3 heterocycles. The second-order valence-corrected chi connectivity index (χ2v) is 12.3. The van der Waals surface area contributed by atoms with Crippen LogP contribution >= 0.6 is 0 Å². The molecule has 234 valence electrons. The summed E-state index contributed by atoms with van der Waals surface area (Å²) >= 11 is 0. The van der Waals surface area contributed by atoms with Gasteiger partial charge in [-0.2, -0.15) is 0 Å². The lowest BCUT2D eigenvalue weighted by molar-refractivity contribution is -0.0222. The van der Waals surface area contributed by atoms with Crippen molar-refractivity contribution in [2.24, 2.45) is 0 Å². The van der Waals surface area contributed by atoms with Crippen molar-refractivity contribution >= 4 is 18.0 Å². The van der Waals surface area contributed by atoms with Crippen LogP contribution in [0.4, 0.5) is 19.3 Å². The Kier molecular flexibility index (Phi) is 9.41. The first-order valence-electron chi connectivity index (χ1n) is 15.0. The number of rotatable bonds is 9. The molecule has 0 saturated carbocycles. The fourth-order valence-corrected chi connectivity index (χ4v) is 6.03. The topological polar surface area (TPSA) is 96.4 Å². The molecule has 1 amide bonds. The van der Waals surface area contributed by atoms with E-state index in [0.29, 0.717) is 44.2 Å². The van der Waals surface area contributed by atoms with Crippen LogP contribution in [0.2, 0.25) is 0 Å². The number of nitrogens with zero attached hydrogens (tertiary/aromatic N) is 2. The van der Waals surface area contributed by atoms with Crippen LogP contribution in [0.1, 0.15) is 68.3 Å². The summed E-state index contributed by atoms with van der Waals surface area (Å²) in [6, 6.07) is 8.85. The van der Waals surface area contributed by atoms with Gasteiger partial charge in [0.1, 0.15) is 29.4 Å². The van der Waals surface area contributed by atoms with E-state index in [1.165, 1.54) is 6.21 Å². The first kappa shape index (κ1) is 31.0. The number of benzene rings is 2. The maximum Gasteiger partial charge on any atom is 0.410 e. The molecule has 11 heteroatoms. The van der Waals surface area contributed by atoms with Crippen molar-refractivity contribution in [1.29, 1.82) is 5.41 Å². The molecule has 0 spiro atoms. The highest BCUT2D eigenvalue weighted by Crippen LogP contribution is 2.43. The predicted molar refractivity (Wildman–Crippen MR) is 160 cm³/mol.